The molecule has 20 heavy (non-hydrogen) atoms. The lowest BCUT2D eigenvalue weighted by Gasteiger charge is -2.19. The summed E-state index contributed by atoms with van der Waals surface area (Å²) in [7, 11) is 0. The number of fused-ring (bicyclic) bond motifs is 1. The highest BCUT2D eigenvalue weighted by molar-refractivity contribution is 5.93. The summed E-state index contributed by atoms with van der Waals surface area (Å²) in [5.74, 6) is 7.28. The van der Waals surface area contributed by atoms with E-state index in [1.165, 1.54) is 0 Å². The van der Waals surface area contributed by atoms with Crippen LogP contribution in [0, 0.1) is 12.3 Å². The highest BCUT2D eigenvalue weighted by atomic mass is 16.2. The molecule has 6 heteroatoms. The number of nitrogens with one attached hydrogen (secondary N) is 1. The van der Waals surface area contributed by atoms with E-state index >= 15 is 0 Å². The molecular weight excluding hydrogens is 256 g/mol. The average Bonchev–Trinajstić information content (AvgIpc) is 2.42. The number of benzene rings is 1. The molecular formula is C14H14N4O2. The number of amides is 1. The monoisotopic (exact) mass is 270 g/mol. The van der Waals surface area contributed by atoms with Crippen molar-refractivity contribution in [3.63, 3.8) is 0 Å². The third-order valence-corrected chi connectivity index (χ3v) is 2.80. The first kappa shape index (κ1) is 13.6. The van der Waals surface area contributed by atoms with Crippen molar-refractivity contribution in [1.82, 2.24) is 15.0 Å². The van der Waals surface area contributed by atoms with Gasteiger partial charge in [-0.15, -0.1) is 6.42 Å². The van der Waals surface area contributed by atoms with Crippen LogP contribution in [-0.4, -0.2) is 21.1 Å². The van der Waals surface area contributed by atoms with Crippen LogP contribution < -0.4 is 16.7 Å². The van der Waals surface area contributed by atoms with Gasteiger partial charge >= 0.3 is 0 Å². The van der Waals surface area contributed by atoms with Gasteiger partial charge in [-0.1, -0.05) is 18.1 Å². The lowest BCUT2D eigenvalue weighted by atomic mass is 10.1. The van der Waals surface area contributed by atoms with Crippen LogP contribution in [-0.2, 0) is 0 Å². The molecule has 1 aromatic carbocycles. The highest BCUT2D eigenvalue weighted by Crippen LogP contribution is 2.07. The first-order chi connectivity index (χ1) is 9.35. The summed E-state index contributed by atoms with van der Waals surface area (Å²) >= 11 is 0. The first-order valence-electron chi connectivity index (χ1n) is 5.93. The molecule has 2 rings (SSSR count). The van der Waals surface area contributed by atoms with Gasteiger partial charge in [0.25, 0.3) is 11.5 Å². The molecule has 0 aliphatic heterocycles. The topological polar surface area (TPSA) is 90.0 Å². The Labute approximate surface area is 115 Å². The maximum absolute atomic E-state index is 12.1. The molecule has 1 amide bonds. The van der Waals surface area contributed by atoms with Gasteiger partial charge in [-0.3, -0.25) is 9.59 Å². The van der Waals surface area contributed by atoms with Gasteiger partial charge in [0.05, 0.1) is 16.4 Å². The van der Waals surface area contributed by atoms with Crippen LogP contribution in [0.15, 0.2) is 29.1 Å². The zero-order valence-corrected chi connectivity index (χ0v) is 11.2. The number of nitrogens with two attached hydrogens (primary N) is 1. The van der Waals surface area contributed by atoms with E-state index in [9.17, 15) is 9.59 Å². The van der Waals surface area contributed by atoms with Gasteiger partial charge in [-0.25, -0.2) is 9.66 Å². The fraction of sp³-hybridized carbons (Fsp3) is 0.214. The van der Waals surface area contributed by atoms with E-state index in [-0.39, 0.29) is 5.82 Å². The number of terminal acetylenes is 1. The van der Waals surface area contributed by atoms with Gasteiger partial charge in [0.15, 0.2) is 0 Å². The molecule has 0 radical (unpaired) electrons. The Morgan fingerprint density at radius 3 is 2.75 bits per heavy atom. The van der Waals surface area contributed by atoms with E-state index in [4.69, 9.17) is 12.3 Å². The van der Waals surface area contributed by atoms with Gasteiger partial charge in [-0.2, -0.15) is 0 Å². The molecule has 1 heterocycles. The Bertz CT molecular complexity index is 784. The first-order valence-corrected chi connectivity index (χ1v) is 5.93. The molecule has 0 saturated heterocycles. The number of aromatic nitrogens is 2. The molecule has 1 aromatic heterocycles. The summed E-state index contributed by atoms with van der Waals surface area (Å²) in [5.41, 5.74) is -0.942. The third kappa shape index (κ3) is 2.34. The van der Waals surface area contributed by atoms with Crippen molar-refractivity contribution in [2.45, 2.75) is 19.4 Å². The zero-order chi connectivity index (χ0) is 14.9. The summed E-state index contributed by atoms with van der Waals surface area (Å²) in [6, 6.07) is 6.66. The lowest BCUT2D eigenvalue weighted by Crippen LogP contribution is -2.46. The largest absolute Gasteiger partial charge is 0.334 e. The maximum Gasteiger partial charge on any atom is 0.290 e. The predicted molar refractivity (Wildman–Crippen MR) is 76.5 cm³/mol. The van der Waals surface area contributed by atoms with Crippen molar-refractivity contribution in [3.8, 4) is 12.3 Å². The number of hydrogen-bond donors (Lipinski definition) is 2. The van der Waals surface area contributed by atoms with E-state index in [1.807, 2.05) is 0 Å². The van der Waals surface area contributed by atoms with Crippen LogP contribution in [0.4, 0.5) is 0 Å². The van der Waals surface area contributed by atoms with Crippen molar-refractivity contribution in [3.05, 3.63) is 40.4 Å². The lowest BCUT2D eigenvalue weighted by molar-refractivity contribution is 0.0915. The summed E-state index contributed by atoms with van der Waals surface area (Å²) in [6.07, 6.45) is 5.31. The van der Waals surface area contributed by atoms with E-state index in [0.717, 1.165) is 4.68 Å². The number of carbonyl (C=O) groups is 1. The van der Waals surface area contributed by atoms with Gasteiger partial charge in [-0.05, 0) is 26.0 Å². The van der Waals surface area contributed by atoms with Gasteiger partial charge < -0.3 is 11.2 Å². The Balaban J connectivity index is 2.56. The molecule has 0 saturated carbocycles. The molecule has 6 nitrogen and oxygen atoms in total. The second-order valence-electron chi connectivity index (χ2n) is 4.85. The van der Waals surface area contributed by atoms with Crippen molar-refractivity contribution in [2.75, 3.05) is 5.84 Å². The second kappa shape index (κ2) is 4.70. The predicted octanol–water partition coefficient (Wildman–Crippen LogP) is 0.252. The Morgan fingerprint density at radius 1 is 1.45 bits per heavy atom. The molecule has 0 atom stereocenters. The smallest absolute Gasteiger partial charge is 0.290 e. The summed E-state index contributed by atoms with van der Waals surface area (Å²) in [5, 5.41) is 2.93. The highest BCUT2D eigenvalue weighted by Gasteiger charge is 2.22. The van der Waals surface area contributed by atoms with E-state index < -0.39 is 17.0 Å². The molecule has 2 aromatic rings. The second-order valence-corrected chi connectivity index (χ2v) is 4.85. The SMILES string of the molecule is C#CC(C)(C)NC(=O)c1nc2ccccc2c(=O)n1N. The molecule has 0 spiro atoms. The van der Waals surface area contributed by atoms with Crippen LogP contribution in [0.25, 0.3) is 10.9 Å². The van der Waals surface area contributed by atoms with Crippen LogP contribution in [0.3, 0.4) is 0 Å². The fourth-order valence-electron chi connectivity index (χ4n) is 1.68. The van der Waals surface area contributed by atoms with Gasteiger partial charge in [0.1, 0.15) is 0 Å². The Kier molecular flexibility index (Phi) is 3.20. The number of nitrogens with zero attached hydrogens (tertiary/aromatic N) is 2. The minimum absolute atomic E-state index is 0.183. The number of para-hydroxylation sites is 1. The minimum Gasteiger partial charge on any atom is -0.334 e. The Morgan fingerprint density at radius 2 is 2.10 bits per heavy atom. The fourth-order valence-corrected chi connectivity index (χ4v) is 1.68. The van der Waals surface area contributed by atoms with Gasteiger partial charge in [0.2, 0.25) is 5.82 Å². The molecule has 0 bridgehead atoms. The molecule has 0 unspecified atom stereocenters. The number of carbonyl (C=O) groups excluding carboxylic acids is 1. The molecule has 102 valence electrons. The normalized spacial score (nSPS) is 11.1. The molecule has 0 aliphatic rings. The van der Waals surface area contributed by atoms with Crippen LogP contribution in [0.2, 0.25) is 0 Å². The number of nitrogen functional groups attached to an aromatic ring is 1. The van der Waals surface area contributed by atoms with Crippen molar-refractivity contribution in [2.24, 2.45) is 0 Å². The van der Waals surface area contributed by atoms with Crippen LogP contribution in [0.5, 0.6) is 0 Å². The van der Waals surface area contributed by atoms with Crippen LogP contribution >= 0.6 is 0 Å². The zero-order valence-electron chi connectivity index (χ0n) is 11.2. The molecule has 3 N–H and O–H groups in total. The average molecular weight is 270 g/mol. The van der Waals surface area contributed by atoms with E-state index in [2.05, 4.69) is 16.2 Å². The van der Waals surface area contributed by atoms with Crippen molar-refractivity contribution < 1.29 is 4.79 Å². The number of hydrogen-bond acceptors (Lipinski definition) is 4. The summed E-state index contributed by atoms with van der Waals surface area (Å²) in [4.78, 5) is 28.3. The van der Waals surface area contributed by atoms with E-state index in [0.29, 0.717) is 10.9 Å². The Hall–Kier alpha value is -2.81. The number of rotatable bonds is 2. The van der Waals surface area contributed by atoms with Gasteiger partial charge in [0, 0.05) is 0 Å². The standard InChI is InChI=1S/C14H14N4O2/c1-4-14(2,3)17-12(19)11-16-10-8-6-5-7-9(10)13(20)18(11)15/h1,5-8H,15H2,2-3H3,(H,17,19). The molecule has 0 aliphatic carbocycles. The minimum atomic E-state index is -0.861. The summed E-state index contributed by atoms with van der Waals surface area (Å²) in [6.45, 7) is 3.32. The van der Waals surface area contributed by atoms with Crippen molar-refractivity contribution in [1.29, 1.82) is 0 Å². The van der Waals surface area contributed by atoms with E-state index in [1.54, 1.807) is 38.1 Å². The summed E-state index contributed by atoms with van der Waals surface area (Å²) < 4.78 is 0.726. The third-order valence-electron chi connectivity index (χ3n) is 2.80. The van der Waals surface area contributed by atoms with Crippen LogP contribution in [0.1, 0.15) is 24.5 Å². The van der Waals surface area contributed by atoms with Crippen molar-refractivity contribution >= 4 is 16.8 Å². The maximum atomic E-state index is 12.1. The molecule has 0 fully saturated rings. The quantitative estimate of drug-likeness (QED) is 0.604.